The van der Waals surface area contributed by atoms with Crippen molar-refractivity contribution >= 4 is 27.9 Å². The van der Waals surface area contributed by atoms with Crippen LogP contribution in [0.3, 0.4) is 0 Å². The summed E-state index contributed by atoms with van der Waals surface area (Å²) >= 11 is 1.65. The van der Waals surface area contributed by atoms with Crippen molar-refractivity contribution in [2.24, 2.45) is 0 Å². The lowest BCUT2D eigenvalue weighted by atomic mass is 10.1. The van der Waals surface area contributed by atoms with Crippen molar-refractivity contribution in [3.63, 3.8) is 0 Å². The van der Waals surface area contributed by atoms with E-state index in [0.717, 1.165) is 10.4 Å². The van der Waals surface area contributed by atoms with E-state index in [2.05, 4.69) is 18.4 Å². The van der Waals surface area contributed by atoms with Crippen LogP contribution in [0, 0.1) is 6.92 Å². The van der Waals surface area contributed by atoms with Crippen molar-refractivity contribution in [3.05, 3.63) is 40.9 Å². The first-order valence-electron chi connectivity index (χ1n) is 4.48. The summed E-state index contributed by atoms with van der Waals surface area (Å²) in [5.74, 6) is 0.203. The van der Waals surface area contributed by atoms with E-state index >= 15 is 0 Å². The highest BCUT2D eigenvalue weighted by Crippen LogP contribution is 2.25. The van der Waals surface area contributed by atoms with Crippen LogP contribution in [0.5, 0.6) is 0 Å². The topological polar surface area (TPSA) is 17.1 Å². The van der Waals surface area contributed by atoms with Gasteiger partial charge in [0, 0.05) is 11.3 Å². The molecule has 1 aromatic carbocycles. The summed E-state index contributed by atoms with van der Waals surface area (Å²) < 4.78 is 0. The maximum Gasteiger partial charge on any atom is 0.134 e. The highest BCUT2D eigenvalue weighted by molar-refractivity contribution is 7.11. The zero-order valence-corrected chi connectivity index (χ0v) is 8.86. The smallest absolute Gasteiger partial charge is 0.134 e. The zero-order chi connectivity index (χ0) is 10.1. The Labute approximate surface area is 87.4 Å². The Kier molecular flexibility index (Phi) is 2.38. The van der Waals surface area contributed by atoms with Gasteiger partial charge in [-0.15, -0.1) is 11.3 Å². The number of benzene rings is 1. The minimum Gasteiger partial charge on any atom is -0.300 e. The second-order valence-corrected chi connectivity index (χ2v) is 4.42. The Bertz CT molecular complexity index is 482. The van der Waals surface area contributed by atoms with Crippen molar-refractivity contribution in [2.75, 3.05) is 0 Å². The normalized spacial score (nSPS) is 10.7. The molecule has 1 aromatic heterocycles. The zero-order valence-electron chi connectivity index (χ0n) is 8.04. The van der Waals surface area contributed by atoms with Crippen LogP contribution in [0.4, 0.5) is 0 Å². The molecule has 2 aromatic rings. The maximum atomic E-state index is 10.9. The van der Waals surface area contributed by atoms with Crippen molar-refractivity contribution in [2.45, 2.75) is 13.3 Å². The first-order valence-corrected chi connectivity index (χ1v) is 5.36. The monoisotopic (exact) mass is 203 g/mol. The largest absolute Gasteiger partial charge is 0.300 e. The summed E-state index contributed by atoms with van der Waals surface area (Å²) in [4.78, 5) is 12.0. The molecule has 0 bridgehead atoms. The highest BCUT2D eigenvalue weighted by Gasteiger charge is 2.02. The molecule has 0 aliphatic carbocycles. The maximum absolute atomic E-state index is 10.9. The van der Waals surface area contributed by atoms with Gasteiger partial charge in [-0.2, -0.15) is 0 Å². The standard InChI is InChI=1S/C12H11OS/c1-8(13)5-10-3-4-12-9(2)14-7-11(12)6-10/h3-4,6-7H,2,5H2,1H3. The fourth-order valence-electron chi connectivity index (χ4n) is 1.56. The predicted molar refractivity (Wildman–Crippen MR) is 60.7 cm³/mol. The Morgan fingerprint density at radius 2 is 2.29 bits per heavy atom. The quantitative estimate of drug-likeness (QED) is 0.732. The Morgan fingerprint density at radius 3 is 3.00 bits per heavy atom. The van der Waals surface area contributed by atoms with Gasteiger partial charge in [0.05, 0.1) is 0 Å². The molecule has 1 heterocycles. The summed E-state index contributed by atoms with van der Waals surface area (Å²) in [5.41, 5.74) is 1.09. The van der Waals surface area contributed by atoms with E-state index in [1.165, 1.54) is 10.8 Å². The first-order chi connectivity index (χ1) is 6.66. The van der Waals surface area contributed by atoms with Crippen LogP contribution < -0.4 is 0 Å². The molecule has 0 amide bonds. The second kappa shape index (κ2) is 3.54. The lowest BCUT2D eigenvalue weighted by Crippen LogP contribution is -1.95. The third kappa shape index (κ3) is 1.70. The molecule has 0 fully saturated rings. The third-order valence-electron chi connectivity index (χ3n) is 2.20. The SMILES string of the molecule is [CH2]c1scc2cc(CC(C)=O)ccc12. The van der Waals surface area contributed by atoms with Crippen LogP contribution in [0.2, 0.25) is 0 Å². The van der Waals surface area contributed by atoms with Gasteiger partial charge in [-0.1, -0.05) is 12.1 Å². The number of carbonyl (C=O) groups is 1. The van der Waals surface area contributed by atoms with Crippen LogP contribution in [0.25, 0.3) is 10.8 Å². The Hall–Kier alpha value is -1.15. The molecule has 0 aliphatic rings. The molecular weight excluding hydrogens is 192 g/mol. The number of rotatable bonds is 2. The number of hydrogen-bond donors (Lipinski definition) is 0. The Balaban J connectivity index is 2.46. The number of hydrogen-bond acceptors (Lipinski definition) is 2. The molecular formula is C12H11OS. The van der Waals surface area contributed by atoms with E-state index in [4.69, 9.17) is 0 Å². The molecule has 71 valence electrons. The number of Topliss-reactive ketones (excluding diaryl/α,β-unsaturated/α-hetero) is 1. The van der Waals surface area contributed by atoms with Gasteiger partial charge >= 0.3 is 0 Å². The number of fused-ring (bicyclic) bond motifs is 1. The second-order valence-electron chi connectivity index (χ2n) is 3.46. The molecule has 0 N–H and O–H groups in total. The van der Waals surface area contributed by atoms with Crippen molar-refractivity contribution in [3.8, 4) is 0 Å². The minimum atomic E-state index is 0.203. The highest BCUT2D eigenvalue weighted by atomic mass is 32.1. The van der Waals surface area contributed by atoms with E-state index in [9.17, 15) is 4.79 Å². The molecule has 0 aliphatic heterocycles. The average molecular weight is 203 g/mol. The fraction of sp³-hybridized carbons (Fsp3) is 0.167. The van der Waals surface area contributed by atoms with E-state index in [-0.39, 0.29) is 5.78 Å². The Morgan fingerprint density at radius 1 is 1.50 bits per heavy atom. The van der Waals surface area contributed by atoms with E-state index in [0.29, 0.717) is 6.42 Å². The van der Waals surface area contributed by atoms with Gasteiger partial charge in [0.2, 0.25) is 0 Å². The summed E-state index contributed by atoms with van der Waals surface area (Å²) in [6.45, 7) is 5.57. The lowest BCUT2D eigenvalue weighted by Gasteiger charge is -1.98. The van der Waals surface area contributed by atoms with Crippen LogP contribution in [0.1, 0.15) is 17.4 Å². The van der Waals surface area contributed by atoms with Crippen LogP contribution >= 0.6 is 11.3 Å². The molecule has 0 saturated carbocycles. The summed E-state index contributed by atoms with van der Waals surface area (Å²) in [7, 11) is 0. The number of carbonyl (C=O) groups excluding carboxylic acids is 1. The molecule has 2 rings (SSSR count). The van der Waals surface area contributed by atoms with Crippen LogP contribution in [-0.2, 0) is 11.2 Å². The van der Waals surface area contributed by atoms with E-state index < -0.39 is 0 Å². The van der Waals surface area contributed by atoms with Crippen LogP contribution in [0.15, 0.2) is 23.6 Å². The summed E-state index contributed by atoms with van der Waals surface area (Å²) in [6.07, 6.45) is 0.526. The summed E-state index contributed by atoms with van der Waals surface area (Å²) in [5, 5.41) is 4.47. The van der Waals surface area contributed by atoms with Gasteiger partial charge in [-0.25, -0.2) is 0 Å². The van der Waals surface area contributed by atoms with Crippen LogP contribution in [-0.4, -0.2) is 5.78 Å². The minimum absolute atomic E-state index is 0.203. The van der Waals surface area contributed by atoms with Gasteiger partial charge in [0.1, 0.15) is 5.78 Å². The third-order valence-corrected chi connectivity index (χ3v) is 3.07. The molecule has 1 nitrogen and oxygen atoms in total. The van der Waals surface area contributed by atoms with Crippen molar-refractivity contribution < 1.29 is 4.79 Å². The van der Waals surface area contributed by atoms with Gasteiger partial charge in [-0.05, 0) is 41.6 Å². The number of thiophene rings is 1. The first kappa shape index (κ1) is 9.41. The van der Waals surface area contributed by atoms with E-state index in [1.54, 1.807) is 18.3 Å². The van der Waals surface area contributed by atoms with E-state index in [1.807, 2.05) is 12.1 Å². The predicted octanol–water partition coefficient (Wildman–Crippen LogP) is 3.21. The summed E-state index contributed by atoms with van der Waals surface area (Å²) in [6, 6.07) is 6.12. The number of ketones is 1. The fourth-order valence-corrected chi connectivity index (χ4v) is 2.34. The average Bonchev–Trinajstić information content (AvgIpc) is 2.46. The van der Waals surface area contributed by atoms with Crippen molar-refractivity contribution in [1.82, 2.24) is 0 Å². The molecule has 2 heteroatoms. The molecule has 0 saturated heterocycles. The molecule has 1 radical (unpaired) electrons. The molecule has 0 atom stereocenters. The van der Waals surface area contributed by atoms with Crippen molar-refractivity contribution in [1.29, 1.82) is 0 Å². The van der Waals surface area contributed by atoms with Gasteiger partial charge in [0.25, 0.3) is 0 Å². The molecule has 0 spiro atoms. The molecule has 14 heavy (non-hydrogen) atoms. The molecule has 0 unspecified atom stereocenters. The van der Waals surface area contributed by atoms with Gasteiger partial charge in [-0.3, -0.25) is 4.79 Å². The van der Waals surface area contributed by atoms with Gasteiger partial charge < -0.3 is 0 Å². The van der Waals surface area contributed by atoms with Gasteiger partial charge in [0.15, 0.2) is 0 Å². The lowest BCUT2D eigenvalue weighted by molar-refractivity contribution is -0.116.